The van der Waals surface area contributed by atoms with Crippen molar-refractivity contribution < 1.29 is 18.3 Å². The Morgan fingerprint density at radius 2 is 2.16 bits per heavy atom. The van der Waals surface area contributed by atoms with Crippen LogP contribution in [-0.4, -0.2) is 32.8 Å². The molecule has 1 aliphatic heterocycles. The second kappa shape index (κ2) is 5.58. The summed E-state index contributed by atoms with van der Waals surface area (Å²) >= 11 is 0. The van der Waals surface area contributed by atoms with E-state index in [1.807, 2.05) is 6.92 Å². The van der Waals surface area contributed by atoms with Gasteiger partial charge in [0.15, 0.2) is 0 Å². The van der Waals surface area contributed by atoms with E-state index in [1.165, 1.54) is 6.07 Å². The number of aliphatic hydroxyl groups is 1. The van der Waals surface area contributed by atoms with Crippen molar-refractivity contribution >= 4 is 10.0 Å². The predicted molar refractivity (Wildman–Crippen MR) is 71.4 cm³/mol. The number of hydrogen-bond donors (Lipinski definition) is 2. The number of rotatable bonds is 4. The Labute approximate surface area is 113 Å². The highest BCUT2D eigenvalue weighted by Gasteiger charge is 2.25. The van der Waals surface area contributed by atoms with Gasteiger partial charge in [-0.3, -0.25) is 0 Å². The number of hydrogen-bond acceptors (Lipinski definition) is 4. The van der Waals surface area contributed by atoms with Gasteiger partial charge in [0, 0.05) is 12.6 Å². The van der Waals surface area contributed by atoms with E-state index in [0.29, 0.717) is 30.8 Å². The summed E-state index contributed by atoms with van der Waals surface area (Å²) in [6, 6.07) is 3.16. The Morgan fingerprint density at radius 3 is 2.74 bits per heavy atom. The fourth-order valence-corrected chi connectivity index (χ4v) is 3.80. The quantitative estimate of drug-likeness (QED) is 0.860. The third-order valence-electron chi connectivity index (χ3n) is 3.40. The molecule has 0 bridgehead atoms. The zero-order valence-corrected chi connectivity index (χ0v) is 12.0. The van der Waals surface area contributed by atoms with Crippen LogP contribution >= 0.6 is 0 Å². The maximum Gasteiger partial charge on any atom is 0.241 e. The molecule has 1 fully saturated rings. The Kier molecular flexibility index (Phi) is 4.25. The fourth-order valence-electron chi connectivity index (χ4n) is 2.18. The number of benzene rings is 1. The van der Waals surface area contributed by atoms with E-state index < -0.39 is 10.0 Å². The summed E-state index contributed by atoms with van der Waals surface area (Å²) in [6.07, 6.45) is 0.691. The minimum atomic E-state index is -3.57. The van der Waals surface area contributed by atoms with Crippen molar-refractivity contribution in [2.75, 3.05) is 13.2 Å². The van der Waals surface area contributed by atoms with Gasteiger partial charge in [0.25, 0.3) is 0 Å². The third kappa shape index (κ3) is 3.14. The molecule has 19 heavy (non-hydrogen) atoms. The van der Waals surface area contributed by atoms with Crippen LogP contribution in [0.3, 0.4) is 0 Å². The fraction of sp³-hybridized carbons (Fsp3) is 0.538. The van der Waals surface area contributed by atoms with Crippen LogP contribution in [0, 0.1) is 13.8 Å². The summed E-state index contributed by atoms with van der Waals surface area (Å²) in [4.78, 5) is 0.239. The highest BCUT2D eigenvalue weighted by Crippen LogP contribution is 2.22. The Bertz CT molecular complexity index is 562. The van der Waals surface area contributed by atoms with Crippen LogP contribution in [0.4, 0.5) is 0 Å². The molecule has 6 heteroatoms. The van der Waals surface area contributed by atoms with E-state index in [9.17, 15) is 13.5 Å². The summed E-state index contributed by atoms with van der Waals surface area (Å²) < 4.78 is 32.6. The molecule has 1 aromatic rings. The van der Waals surface area contributed by atoms with Gasteiger partial charge >= 0.3 is 0 Å². The zero-order chi connectivity index (χ0) is 14.0. The first-order chi connectivity index (χ1) is 8.94. The van der Waals surface area contributed by atoms with Gasteiger partial charge in [-0.15, -0.1) is 0 Å². The molecule has 0 amide bonds. The number of aryl methyl sites for hydroxylation is 1. The molecule has 2 N–H and O–H groups in total. The van der Waals surface area contributed by atoms with Crippen LogP contribution in [0.15, 0.2) is 17.0 Å². The van der Waals surface area contributed by atoms with Crippen molar-refractivity contribution in [2.24, 2.45) is 0 Å². The molecule has 5 nitrogen and oxygen atoms in total. The smallest absolute Gasteiger partial charge is 0.241 e. The molecule has 1 heterocycles. The zero-order valence-electron chi connectivity index (χ0n) is 11.1. The summed E-state index contributed by atoms with van der Waals surface area (Å²) in [7, 11) is -3.57. The Balaban J connectivity index is 2.36. The second-order valence-electron chi connectivity index (χ2n) is 4.88. The van der Waals surface area contributed by atoms with Crippen LogP contribution in [0.1, 0.15) is 23.1 Å². The Hall–Kier alpha value is -0.950. The molecule has 0 aliphatic carbocycles. The van der Waals surface area contributed by atoms with Gasteiger partial charge in [0.2, 0.25) is 10.0 Å². The highest BCUT2D eigenvalue weighted by molar-refractivity contribution is 7.89. The summed E-state index contributed by atoms with van der Waals surface area (Å²) in [5.41, 5.74) is 2.17. The standard InChI is InChI=1S/C13H19NO4S/c1-9-5-11(7-15)6-13(10(9)2)19(16,17)14-12-3-4-18-8-12/h5-6,12,14-15H,3-4,7-8H2,1-2H3. The van der Waals surface area contributed by atoms with Crippen LogP contribution in [0.25, 0.3) is 0 Å². The molecule has 0 saturated carbocycles. The van der Waals surface area contributed by atoms with Crippen LogP contribution in [0.2, 0.25) is 0 Å². The van der Waals surface area contributed by atoms with Crippen molar-refractivity contribution in [3.63, 3.8) is 0 Å². The third-order valence-corrected chi connectivity index (χ3v) is 5.05. The van der Waals surface area contributed by atoms with Gasteiger partial charge < -0.3 is 9.84 Å². The van der Waals surface area contributed by atoms with E-state index >= 15 is 0 Å². The lowest BCUT2D eigenvalue weighted by Gasteiger charge is -2.15. The lowest BCUT2D eigenvalue weighted by molar-refractivity contribution is 0.192. The average molecular weight is 285 g/mol. The maximum absolute atomic E-state index is 12.4. The number of ether oxygens (including phenoxy) is 1. The van der Waals surface area contributed by atoms with Crippen molar-refractivity contribution in [3.05, 3.63) is 28.8 Å². The number of sulfonamides is 1. The van der Waals surface area contributed by atoms with Gasteiger partial charge in [-0.05, 0) is 43.0 Å². The minimum absolute atomic E-state index is 0.164. The minimum Gasteiger partial charge on any atom is -0.392 e. The lowest BCUT2D eigenvalue weighted by atomic mass is 10.1. The molecular weight excluding hydrogens is 266 g/mol. The van der Waals surface area contributed by atoms with Crippen molar-refractivity contribution in [1.82, 2.24) is 4.72 Å². The molecule has 1 aromatic carbocycles. The van der Waals surface area contributed by atoms with Crippen LogP contribution in [0.5, 0.6) is 0 Å². The van der Waals surface area contributed by atoms with E-state index in [1.54, 1.807) is 13.0 Å². The first-order valence-electron chi connectivity index (χ1n) is 6.25. The summed E-state index contributed by atoms with van der Waals surface area (Å²) in [6.45, 7) is 4.44. The second-order valence-corrected chi connectivity index (χ2v) is 6.56. The SMILES string of the molecule is Cc1cc(CO)cc(S(=O)(=O)NC2CCOC2)c1C. The van der Waals surface area contributed by atoms with E-state index in [2.05, 4.69) is 4.72 Å². The van der Waals surface area contributed by atoms with Crippen molar-refractivity contribution in [1.29, 1.82) is 0 Å². The van der Waals surface area contributed by atoms with Crippen LogP contribution in [-0.2, 0) is 21.4 Å². The van der Waals surface area contributed by atoms with Crippen molar-refractivity contribution in [2.45, 2.75) is 37.8 Å². The average Bonchev–Trinajstić information content (AvgIpc) is 2.84. The van der Waals surface area contributed by atoms with Crippen molar-refractivity contribution in [3.8, 4) is 0 Å². The summed E-state index contributed by atoms with van der Waals surface area (Å²) in [5, 5.41) is 9.19. The first kappa shape index (κ1) is 14.5. The largest absolute Gasteiger partial charge is 0.392 e. The molecule has 0 aromatic heterocycles. The molecule has 0 spiro atoms. The molecule has 1 atom stereocenters. The van der Waals surface area contributed by atoms with Gasteiger partial charge in [0.1, 0.15) is 0 Å². The molecule has 0 radical (unpaired) electrons. The van der Waals surface area contributed by atoms with E-state index in [0.717, 1.165) is 5.56 Å². The van der Waals surface area contributed by atoms with Gasteiger partial charge in [-0.25, -0.2) is 13.1 Å². The van der Waals surface area contributed by atoms with Gasteiger partial charge in [-0.1, -0.05) is 6.07 Å². The number of aliphatic hydroxyl groups excluding tert-OH is 1. The lowest BCUT2D eigenvalue weighted by Crippen LogP contribution is -2.35. The van der Waals surface area contributed by atoms with Crippen LogP contribution < -0.4 is 4.72 Å². The molecule has 1 saturated heterocycles. The molecule has 106 valence electrons. The highest BCUT2D eigenvalue weighted by atomic mass is 32.2. The molecule has 1 aliphatic rings. The first-order valence-corrected chi connectivity index (χ1v) is 7.73. The maximum atomic E-state index is 12.4. The monoisotopic (exact) mass is 285 g/mol. The predicted octanol–water partition coefficient (Wildman–Crippen LogP) is 0.863. The Morgan fingerprint density at radius 1 is 1.42 bits per heavy atom. The molecular formula is C13H19NO4S. The molecule has 2 rings (SSSR count). The topological polar surface area (TPSA) is 75.6 Å². The number of nitrogens with one attached hydrogen (secondary N) is 1. The molecule has 1 unspecified atom stereocenters. The van der Waals surface area contributed by atoms with Gasteiger partial charge in [0.05, 0.1) is 18.1 Å². The van der Waals surface area contributed by atoms with E-state index in [4.69, 9.17) is 4.74 Å². The van der Waals surface area contributed by atoms with Gasteiger partial charge in [-0.2, -0.15) is 0 Å². The van der Waals surface area contributed by atoms with E-state index in [-0.39, 0.29) is 17.5 Å². The normalized spacial score (nSPS) is 19.8. The summed E-state index contributed by atoms with van der Waals surface area (Å²) in [5.74, 6) is 0.